The SMILES string of the molecule is Cc1ccc(C(=O)OCC(=O)NCC(C)C)cc1S(=O)(=O)NCc1ccccc1. The van der Waals surface area contributed by atoms with E-state index >= 15 is 0 Å². The average molecular weight is 419 g/mol. The minimum atomic E-state index is -3.83. The molecule has 0 saturated carbocycles. The van der Waals surface area contributed by atoms with Crippen LogP contribution in [0.4, 0.5) is 0 Å². The number of rotatable bonds is 9. The predicted molar refractivity (Wildman–Crippen MR) is 110 cm³/mol. The summed E-state index contributed by atoms with van der Waals surface area (Å²) in [6, 6.07) is 13.4. The van der Waals surface area contributed by atoms with Gasteiger partial charge in [0.25, 0.3) is 5.91 Å². The second-order valence-electron chi connectivity index (χ2n) is 7.06. The molecular weight excluding hydrogens is 392 g/mol. The molecule has 2 rings (SSSR count). The molecule has 0 saturated heterocycles. The van der Waals surface area contributed by atoms with Gasteiger partial charge in [0, 0.05) is 13.1 Å². The molecule has 0 atom stereocenters. The highest BCUT2D eigenvalue weighted by molar-refractivity contribution is 7.89. The minimum absolute atomic E-state index is 0.00728. The van der Waals surface area contributed by atoms with Crippen LogP contribution in [0.15, 0.2) is 53.4 Å². The van der Waals surface area contributed by atoms with Gasteiger partial charge >= 0.3 is 5.97 Å². The van der Waals surface area contributed by atoms with E-state index in [4.69, 9.17) is 4.74 Å². The maximum Gasteiger partial charge on any atom is 0.338 e. The van der Waals surface area contributed by atoms with Crippen molar-refractivity contribution in [3.63, 3.8) is 0 Å². The number of carbonyl (C=O) groups excluding carboxylic acids is 2. The van der Waals surface area contributed by atoms with Gasteiger partial charge in [0.05, 0.1) is 10.5 Å². The normalized spacial score (nSPS) is 11.3. The van der Waals surface area contributed by atoms with Crippen molar-refractivity contribution in [2.75, 3.05) is 13.2 Å². The van der Waals surface area contributed by atoms with Crippen LogP contribution in [0.2, 0.25) is 0 Å². The van der Waals surface area contributed by atoms with Gasteiger partial charge < -0.3 is 10.1 Å². The van der Waals surface area contributed by atoms with Crippen LogP contribution in [-0.2, 0) is 26.1 Å². The fourth-order valence-corrected chi connectivity index (χ4v) is 3.74. The Kier molecular flexibility index (Phi) is 7.92. The van der Waals surface area contributed by atoms with E-state index in [1.807, 2.05) is 44.2 Å². The highest BCUT2D eigenvalue weighted by atomic mass is 32.2. The van der Waals surface area contributed by atoms with Gasteiger partial charge in [0.2, 0.25) is 10.0 Å². The summed E-state index contributed by atoms with van der Waals surface area (Å²) in [5, 5.41) is 2.64. The van der Waals surface area contributed by atoms with Crippen LogP contribution in [-0.4, -0.2) is 33.4 Å². The maximum absolute atomic E-state index is 12.7. The standard InChI is InChI=1S/C21H26N2O5S/c1-15(2)12-22-20(24)14-28-21(25)18-10-9-16(3)19(11-18)29(26,27)23-13-17-7-5-4-6-8-17/h4-11,15,23H,12-14H2,1-3H3,(H,22,24). The molecule has 8 heteroatoms. The number of hydrogen-bond donors (Lipinski definition) is 2. The first-order valence-corrected chi connectivity index (χ1v) is 10.8. The topological polar surface area (TPSA) is 102 Å². The molecule has 2 N–H and O–H groups in total. The molecule has 0 spiro atoms. The van der Waals surface area contributed by atoms with E-state index in [-0.39, 0.29) is 22.9 Å². The Morgan fingerprint density at radius 2 is 1.76 bits per heavy atom. The first kappa shape index (κ1) is 22.6. The number of ether oxygens (including phenoxy) is 1. The molecule has 1 amide bonds. The molecular formula is C21H26N2O5S. The zero-order valence-electron chi connectivity index (χ0n) is 16.8. The van der Waals surface area contributed by atoms with Crippen molar-refractivity contribution in [2.24, 2.45) is 5.92 Å². The van der Waals surface area contributed by atoms with Gasteiger partial charge in [-0.25, -0.2) is 17.9 Å². The van der Waals surface area contributed by atoms with Gasteiger partial charge in [0.1, 0.15) is 0 Å². The van der Waals surface area contributed by atoms with E-state index < -0.39 is 28.5 Å². The number of carbonyl (C=O) groups is 2. The number of esters is 1. The summed E-state index contributed by atoms with van der Waals surface area (Å²) in [5.41, 5.74) is 1.38. The summed E-state index contributed by atoms with van der Waals surface area (Å²) in [4.78, 5) is 23.9. The summed E-state index contributed by atoms with van der Waals surface area (Å²) in [7, 11) is -3.83. The molecule has 0 aromatic heterocycles. The molecule has 0 unspecified atom stereocenters. The van der Waals surface area contributed by atoms with Gasteiger partial charge in [-0.1, -0.05) is 50.2 Å². The van der Waals surface area contributed by atoms with E-state index in [0.717, 1.165) is 5.56 Å². The lowest BCUT2D eigenvalue weighted by Gasteiger charge is -2.12. The van der Waals surface area contributed by atoms with E-state index in [0.29, 0.717) is 12.1 Å². The molecule has 29 heavy (non-hydrogen) atoms. The molecule has 7 nitrogen and oxygen atoms in total. The molecule has 0 fully saturated rings. The van der Waals surface area contributed by atoms with Crippen LogP contribution < -0.4 is 10.0 Å². The van der Waals surface area contributed by atoms with Gasteiger partial charge in [-0.2, -0.15) is 0 Å². The van der Waals surface area contributed by atoms with Gasteiger partial charge in [-0.15, -0.1) is 0 Å². The van der Waals surface area contributed by atoms with Gasteiger partial charge in [-0.05, 0) is 36.1 Å². The van der Waals surface area contributed by atoms with Crippen molar-refractivity contribution >= 4 is 21.9 Å². The van der Waals surface area contributed by atoms with Crippen LogP contribution in [0.3, 0.4) is 0 Å². The number of aryl methyl sites for hydroxylation is 1. The smallest absolute Gasteiger partial charge is 0.338 e. The van der Waals surface area contributed by atoms with Crippen molar-refractivity contribution in [1.29, 1.82) is 0 Å². The summed E-state index contributed by atoms with van der Waals surface area (Å²) in [6.07, 6.45) is 0. The molecule has 2 aromatic carbocycles. The fraction of sp³-hybridized carbons (Fsp3) is 0.333. The lowest BCUT2D eigenvalue weighted by atomic mass is 10.1. The van der Waals surface area contributed by atoms with Crippen molar-refractivity contribution in [1.82, 2.24) is 10.0 Å². The quantitative estimate of drug-likeness (QED) is 0.609. The molecule has 0 aliphatic heterocycles. The molecule has 0 bridgehead atoms. The minimum Gasteiger partial charge on any atom is -0.452 e. The number of nitrogens with one attached hydrogen (secondary N) is 2. The van der Waals surface area contributed by atoms with E-state index in [9.17, 15) is 18.0 Å². The van der Waals surface area contributed by atoms with Crippen molar-refractivity contribution in [3.05, 3.63) is 65.2 Å². The number of hydrogen-bond acceptors (Lipinski definition) is 5. The van der Waals surface area contributed by atoms with Crippen LogP contribution in [0.1, 0.15) is 35.3 Å². The van der Waals surface area contributed by atoms with Crippen LogP contribution >= 0.6 is 0 Å². The molecule has 2 aromatic rings. The molecule has 0 aliphatic carbocycles. The summed E-state index contributed by atoms with van der Waals surface area (Å²) < 4.78 is 32.9. The lowest BCUT2D eigenvalue weighted by Crippen LogP contribution is -2.31. The Labute approximate surface area is 171 Å². The number of amides is 1. The molecule has 0 heterocycles. The van der Waals surface area contributed by atoms with Crippen LogP contribution in [0.25, 0.3) is 0 Å². The zero-order chi connectivity index (χ0) is 21.4. The van der Waals surface area contributed by atoms with E-state index in [2.05, 4.69) is 10.0 Å². The zero-order valence-corrected chi connectivity index (χ0v) is 17.6. The molecule has 0 radical (unpaired) electrons. The largest absolute Gasteiger partial charge is 0.452 e. The Balaban J connectivity index is 2.06. The molecule has 156 valence electrons. The lowest BCUT2D eigenvalue weighted by molar-refractivity contribution is -0.124. The fourth-order valence-electron chi connectivity index (χ4n) is 2.45. The third kappa shape index (κ3) is 6.99. The second-order valence-corrected chi connectivity index (χ2v) is 8.80. The highest BCUT2D eigenvalue weighted by Crippen LogP contribution is 2.18. The summed E-state index contributed by atoms with van der Waals surface area (Å²) >= 11 is 0. The third-order valence-corrected chi connectivity index (χ3v) is 5.61. The van der Waals surface area contributed by atoms with Crippen molar-refractivity contribution < 1.29 is 22.7 Å². The van der Waals surface area contributed by atoms with Crippen LogP contribution in [0, 0.1) is 12.8 Å². The first-order valence-electron chi connectivity index (χ1n) is 9.27. The Bertz CT molecular complexity index is 956. The van der Waals surface area contributed by atoms with Gasteiger partial charge in [-0.3, -0.25) is 4.79 Å². The van der Waals surface area contributed by atoms with E-state index in [1.54, 1.807) is 6.92 Å². The number of benzene rings is 2. The molecule has 0 aliphatic rings. The predicted octanol–water partition coefficient (Wildman–Crippen LogP) is 2.40. The maximum atomic E-state index is 12.7. The second kappa shape index (κ2) is 10.2. The first-order chi connectivity index (χ1) is 13.7. The summed E-state index contributed by atoms with van der Waals surface area (Å²) in [6.45, 7) is 5.74. The van der Waals surface area contributed by atoms with E-state index in [1.165, 1.54) is 18.2 Å². The monoisotopic (exact) mass is 418 g/mol. The Hall–Kier alpha value is -2.71. The van der Waals surface area contributed by atoms with Crippen LogP contribution in [0.5, 0.6) is 0 Å². The number of sulfonamides is 1. The third-order valence-electron chi connectivity index (χ3n) is 4.06. The van der Waals surface area contributed by atoms with Crippen molar-refractivity contribution in [2.45, 2.75) is 32.2 Å². The average Bonchev–Trinajstić information content (AvgIpc) is 2.70. The Morgan fingerprint density at radius 1 is 1.07 bits per heavy atom. The Morgan fingerprint density at radius 3 is 2.41 bits per heavy atom. The van der Waals surface area contributed by atoms with Gasteiger partial charge in [0.15, 0.2) is 6.61 Å². The highest BCUT2D eigenvalue weighted by Gasteiger charge is 2.20. The van der Waals surface area contributed by atoms with Crippen molar-refractivity contribution in [3.8, 4) is 0 Å². The summed E-state index contributed by atoms with van der Waals surface area (Å²) in [5.74, 6) is -0.886.